The number of nitrogens with zero attached hydrogens (tertiary/aromatic N) is 3. The number of benzene rings is 2. The van der Waals surface area contributed by atoms with E-state index in [0.29, 0.717) is 28.3 Å². The number of hydrogen-bond acceptors (Lipinski definition) is 6. The Kier molecular flexibility index (Phi) is 8.54. The smallest absolute Gasteiger partial charge is 0.255 e. The van der Waals surface area contributed by atoms with Crippen LogP contribution in [0.2, 0.25) is 5.02 Å². The van der Waals surface area contributed by atoms with Crippen LogP contribution >= 0.6 is 11.6 Å². The standard InChI is InChI=1S/C30H34ClN3O4S/c1-38-25-7-9-26(10-8-25)39(36,37)29-11-6-23(21-32-29)20-22-12-16-33(17-13-22)24-14-18-34(19-15-24)30(35)27-4-2-3-5-28(27)31/h2-11,21-22,24H,12-20H2,1H3. The third-order valence-electron chi connectivity index (χ3n) is 7.99. The summed E-state index contributed by atoms with van der Waals surface area (Å²) in [5.41, 5.74) is 1.65. The number of carbonyl (C=O) groups is 1. The van der Waals surface area contributed by atoms with Crippen molar-refractivity contribution >= 4 is 27.3 Å². The number of carbonyl (C=O) groups excluding carboxylic acids is 1. The first-order valence-corrected chi connectivity index (χ1v) is 15.3. The molecule has 3 heterocycles. The zero-order valence-electron chi connectivity index (χ0n) is 22.1. The van der Waals surface area contributed by atoms with E-state index >= 15 is 0 Å². The second-order valence-corrected chi connectivity index (χ2v) is 12.7. The van der Waals surface area contributed by atoms with Crippen molar-refractivity contribution in [2.45, 2.75) is 48.1 Å². The SMILES string of the molecule is COc1ccc(S(=O)(=O)c2ccc(CC3CCN(C4CCN(C(=O)c5ccccc5Cl)CC4)CC3)cn2)cc1. The second kappa shape index (κ2) is 12.1. The van der Waals surface area contributed by atoms with Crippen LogP contribution in [0.4, 0.5) is 0 Å². The monoisotopic (exact) mass is 567 g/mol. The lowest BCUT2D eigenvalue weighted by Gasteiger charge is -2.42. The van der Waals surface area contributed by atoms with Crippen molar-refractivity contribution in [2.75, 3.05) is 33.3 Å². The summed E-state index contributed by atoms with van der Waals surface area (Å²) >= 11 is 6.23. The summed E-state index contributed by atoms with van der Waals surface area (Å²) in [5.74, 6) is 1.18. The van der Waals surface area contributed by atoms with Gasteiger partial charge < -0.3 is 14.5 Å². The molecule has 0 N–H and O–H groups in total. The summed E-state index contributed by atoms with van der Waals surface area (Å²) in [7, 11) is -2.12. The van der Waals surface area contributed by atoms with Crippen LogP contribution in [0.5, 0.6) is 5.75 Å². The zero-order chi connectivity index (χ0) is 27.4. The topological polar surface area (TPSA) is 79.8 Å². The van der Waals surface area contributed by atoms with Gasteiger partial charge in [0.05, 0.1) is 22.6 Å². The summed E-state index contributed by atoms with van der Waals surface area (Å²) in [5, 5.41) is 0.570. The molecule has 2 aliphatic rings. The van der Waals surface area contributed by atoms with Crippen LogP contribution in [0.15, 0.2) is 76.8 Å². The van der Waals surface area contributed by atoms with Crippen molar-refractivity contribution in [2.24, 2.45) is 5.92 Å². The van der Waals surface area contributed by atoms with Gasteiger partial charge >= 0.3 is 0 Å². The molecule has 0 radical (unpaired) electrons. The molecule has 0 spiro atoms. The number of rotatable bonds is 7. The molecule has 5 rings (SSSR count). The molecule has 2 aromatic carbocycles. The van der Waals surface area contributed by atoms with Crippen molar-refractivity contribution in [3.63, 3.8) is 0 Å². The number of aromatic nitrogens is 1. The number of pyridine rings is 1. The van der Waals surface area contributed by atoms with Crippen LogP contribution in [0.25, 0.3) is 0 Å². The van der Waals surface area contributed by atoms with E-state index in [1.165, 1.54) is 12.1 Å². The van der Waals surface area contributed by atoms with Gasteiger partial charge in [-0.3, -0.25) is 4.79 Å². The van der Waals surface area contributed by atoms with E-state index in [4.69, 9.17) is 16.3 Å². The predicted molar refractivity (Wildman–Crippen MR) is 151 cm³/mol. The first-order chi connectivity index (χ1) is 18.8. The zero-order valence-corrected chi connectivity index (χ0v) is 23.7. The molecule has 0 saturated carbocycles. The number of piperidine rings is 2. The summed E-state index contributed by atoms with van der Waals surface area (Å²) in [6, 6.07) is 17.6. The van der Waals surface area contributed by atoms with Crippen molar-refractivity contribution in [1.29, 1.82) is 0 Å². The summed E-state index contributed by atoms with van der Waals surface area (Å²) in [4.78, 5) is 21.9. The van der Waals surface area contributed by atoms with Crippen LogP contribution in [-0.4, -0.2) is 68.4 Å². The van der Waals surface area contributed by atoms with Gasteiger partial charge in [-0.1, -0.05) is 29.8 Å². The van der Waals surface area contributed by atoms with E-state index in [0.717, 1.165) is 63.8 Å². The fourth-order valence-electron chi connectivity index (χ4n) is 5.66. The molecule has 1 amide bonds. The van der Waals surface area contributed by atoms with E-state index in [2.05, 4.69) is 9.88 Å². The number of ether oxygens (including phenoxy) is 1. The molecule has 0 bridgehead atoms. The van der Waals surface area contributed by atoms with Gasteiger partial charge in [-0.15, -0.1) is 0 Å². The molecule has 9 heteroatoms. The van der Waals surface area contributed by atoms with Crippen LogP contribution in [0, 0.1) is 5.92 Å². The van der Waals surface area contributed by atoms with Crippen LogP contribution in [-0.2, 0) is 16.3 Å². The highest BCUT2D eigenvalue weighted by atomic mass is 35.5. The molecule has 39 heavy (non-hydrogen) atoms. The maximum absolute atomic E-state index is 12.9. The van der Waals surface area contributed by atoms with Gasteiger partial charge in [0.15, 0.2) is 5.03 Å². The summed E-state index contributed by atoms with van der Waals surface area (Å²) in [6.07, 6.45) is 6.77. The average molecular weight is 568 g/mol. The number of methoxy groups -OCH3 is 1. The Hall–Kier alpha value is -2.94. The minimum atomic E-state index is -3.67. The molecule has 3 aromatic rings. The van der Waals surface area contributed by atoms with E-state index in [1.54, 1.807) is 43.6 Å². The van der Waals surface area contributed by atoms with E-state index in [-0.39, 0.29) is 15.8 Å². The van der Waals surface area contributed by atoms with E-state index < -0.39 is 9.84 Å². The van der Waals surface area contributed by atoms with Crippen LogP contribution in [0.1, 0.15) is 41.6 Å². The molecule has 2 fully saturated rings. The molecular formula is C30H34ClN3O4S. The number of amides is 1. The molecule has 7 nitrogen and oxygen atoms in total. The van der Waals surface area contributed by atoms with Gasteiger partial charge in [-0.25, -0.2) is 13.4 Å². The second-order valence-electron chi connectivity index (χ2n) is 10.4. The average Bonchev–Trinajstić information content (AvgIpc) is 2.98. The summed E-state index contributed by atoms with van der Waals surface area (Å²) < 4.78 is 31.0. The first kappa shape index (κ1) is 27.6. The van der Waals surface area contributed by atoms with Crippen molar-refractivity contribution in [3.8, 4) is 5.75 Å². The highest BCUT2D eigenvalue weighted by Gasteiger charge is 2.30. The molecule has 1 aromatic heterocycles. The normalized spacial score (nSPS) is 17.7. The molecule has 0 unspecified atom stereocenters. The van der Waals surface area contributed by atoms with Gasteiger partial charge in [-0.2, -0.15) is 0 Å². The van der Waals surface area contributed by atoms with Gasteiger partial charge in [0, 0.05) is 25.3 Å². The minimum absolute atomic E-state index is 0.0224. The van der Waals surface area contributed by atoms with E-state index in [9.17, 15) is 13.2 Å². The molecule has 2 saturated heterocycles. The molecule has 0 aliphatic carbocycles. The van der Waals surface area contributed by atoms with Gasteiger partial charge in [-0.05, 0) is 99.1 Å². The molecule has 0 atom stereocenters. The Labute approximate surface area is 235 Å². The first-order valence-electron chi connectivity index (χ1n) is 13.5. The fraction of sp³-hybridized carbons (Fsp3) is 0.400. The Morgan fingerprint density at radius 3 is 2.26 bits per heavy atom. The third-order valence-corrected chi connectivity index (χ3v) is 10.0. The number of halogens is 1. The third kappa shape index (κ3) is 6.29. The Morgan fingerprint density at radius 1 is 0.949 bits per heavy atom. The highest BCUT2D eigenvalue weighted by molar-refractivity contribution is 7.91. The van der Waals surface area contributed by atoms with Crippen molar-refractivity contribution < 1.29 is 17.9 Å². The van der Waals surface area contributed by atoms with Gasteiger partial charge in [0.2, 0.25) is 9.84 Å². The van der Waals surface area contributed by atoms with Crippen LogP contribution < -0.4 is 4.74 Å². The number of likely N-dealkylation sites (tertiary alicyclic amines) is 2. The lowest BCUT2D eigenvalue weighted by molar-refractivity contribution is 0.0552. The quantitative estimate of drug-likeness (QED) is 0.393. The highest BCUT2D eigenvalue weighted by Crippen LogP contribution is 2.28. The lowest BCUT2D eigenvalue weighted by Crippen LogP contribution is -2.49. The summed E-state index contributed by atoms with van der Waals surface area (Å²) in [6.45, 7) is 3.61. The van der Waals surface area contributed by atoms with Crippen LogP contribution in [0.3, 0.4) is 0 Å². The number of sulfone groups is 1. The largest absolute Gasteiger partial charge is 0.497 e. The van der Waals surface area contributed by atoms with Crippen molar-refractivity contribution in [3.05, 3.63) is 83.0 Å². The molecule has 206 valence electrons. The fourth-order valence-corrected chi connectivity index (χ4v) is 7.05. The molecular weight excluding hydrogens is 534 g/mol. The Morgan fingerprint density at radius 2 is 1.64 bits per heavy atom. The maximum Gasteiger partial charge on any atom is 0.255 e. The molecule has 2 aliphatic heterocycles. The lowest BCUT2D eigenvalue weighted by atomic mass is 9.89. The maximum atomic E-state index is 12.9. The minimum Gasteiger partial charge on any atom is -0.497 e. The van der Waals surface area contributed by atoms with Crippen molar-refractivity contribution in [1.82, 2.24) is 14.8 Å². The number of hydrogen-bond donors (Lipinski definition) is 0. The Balaban J connectivity index is 1.10. The van der Waals surface area contributed by atoms with Gasteiger partial charge in [0.25, 0.3) is 5.91 Å². The predicted octanol–water partition coefficient (Wildman–Crippen LogP) is 5.14. The van der Waals surface area contributed by atoms with E-state index in [1.807, 2.05) is 23.1 Å². The Bertz CT molecular complexity index is 1380. The van der Waals surface area contributed by atoms with Gasteiger partial charge in [0.1, 0.15) is 5.75 Å².